The van der Waals surface area contributed by atoms with Crippen LogP contribution < -0.4 is 10.6 Å². The van der Waals surface area contributed by atoms with Crippen LogP contribution in [0.1, 0.15) is 48.8 Å². The lowest BCUT2D eigenvalue weighted by molar-refractivity contribution is -0.139. The Morgan fingerprint density at radius 2 is 1.69 bits per heavy atom. The van der Waals surface area contributed by atoms with Gasteiger partial charge in [0.1, 0.15) is 6.04 Å². The molecular formula is C27H27F3N4O2. The standard InChI is InChI=1S/C27H27F3N4O2/c28-27(29,30)21-14-20(7-6-18(21)16-31)33-12-10-25(11-13-33)15-22(23(32)35)34(17-25)24(36)26(8-9-26)19-4-2-1-3-5-19/h1-7,14,22H,8-13,15,17H2,(H2,32,35). The fourth-order valence-corrected chi connectivity index (χ4v) is 5.97. The molecule has 2 amide bonds. The number of nitriles is 1. The molecule has 0 aromatic heterocycles. The first kappa shape index (κ1) is 24.2. The lowest BCUT2D eigenvalue weighted by atomic mass is 9.76. The largest absolute Gasteiger partial charge is 0.417 e. The van der Waals surface area contributed by atoms with Crippen LogP contribution in [0.15, 0.2) is 48.5 Å². The highest BCUT2D eigenvalue weighted by molar-refractivity contribution is 5.95. The fourth-order valence-electron chi connectivity index (χ4n) is 5.97. The Bertz CT molecular complexity index is 1230. The Morgan fingerprint density at radius 3 is 2.25 bits per heavy atom. The van der Waals surface area contributed by atoms with Crippen molar-refractivity contribution >= 4 is 17.5 Å². The molecule has 0 radical (unpaired) electrons. The number of rotatable bonds is 4. The van der Waals surface area contributed by atoms with Crippen molar-refractivity contribution in [1.82, 2.24) is 4.90 Å². The molecule has 3 fully saturated rings. The van der Waals surface area contributed by atoms with E-state index in [-0.39, 0.29) is 11.3 Å². The summed E-state index contributed by atoms with van der Waals surface area (Å²) in [7, 11) is 0. The maximum atomic E-state index is 13.7. The second kappa shape index (κ2) is 8.54. The Labute approximate surface area is 207 Å². The van der Waals surface area contributed by atoms with Gasteiger partial charge in [0.25, 0.3) is 0 Å². The molecule has 2 N–H and O–H groups in total. The van der Waals surface area contributed by atoms with Crippen LogP contribution in [0.4, 0.5) is 18.9 Å². The zero-order valence-electron chi connectivity index (χ0n) is 19.7. The molecule has 1 spiro atoms. The number of alkyl halides is 3. The van der Waals surface area contributed by atoms with E-state index in [4.69, 9.17) is 11.0 Å². The van der Waals surface area contributed by atoms with Crippen molar-refractivity contribution in [1.29, 1.82) is 5.26 Å². The molecule has 36 heavy (non-hydrogen) atoms. The van der Waals surface area contributed by atoms with E-state index in [0.29, 0.717) is 44.6 Å². The van der Waals surface area contributed by atoms with E-state index in [9.17, 15) is 22.8 Å². The number of nitrogens with two attached hydrogens (primary N) is 1. The maximum Gasteiger partial charge on any atom is 0.417 e. The minimum atomic E-state index is -4.61. The zero-order valence-corrected chi connectivity index (χ0v) is 19.7. The van der Waals surface area contributed by atoms with Crippen LogP contribution in [0.5, 0.6) is 0 Å². The number of carbonyl (C=O) groups excluding carboxylic acids is 2. The second-order valence-electron chi connectivity index (χ2n) is 10.3. The average molecular weight is 497 g/mol. The highest BCUT2D eigenvalue weighted by Crippen LogP contribution is 2.53. The van der Waals surface area contributed by atoms with Crippen LogP contribution in [-0.2, 0) is 21.2 Å². The van der Waals surface area contributed by atoms with E-state index < -0.39 is 34.7 Å². The maximum absolute atomic E-state index is 13.7. The summed E-state index contributed by atoms with van der Waals surface area (Å²) in [4.78, 5) is 29.7. The number of benzene rings is 2. The monoisotopic (exact) mass is 496 g/mol. The van der Waals surface area contributed by atoms with Crippen LogP contribution in [-0.4, -0.2) is 42.4 Å². The van der Waals surface area contributed by atoms with E-state index in [1.165, 1.54) is 6.07 Å². The number of hydrogen-bond donors (Lipinski definition) is 1. The Kier molecular flexibility index (Phi) is 5.73. The lowest BCUT2D eigenvalue weighted by Gasteiger charge is -2.40. The number of anilines is 1. The van der Waals surface area contributed by atoms with Crippen molar-refractivity contribution in [3.05, 3.63) is 65.2 Å². The smallest absolute Gasteiger partial charge is 0.371 e. The second-order valence-corrected chi connectivity index (χ2v) is 10.3. The van der Waals surface area contributed by atoms with Gasteiger partial charge in [-0.15, -0.1) is 0 Å². The first-order valence-electron chi connectivity index (χ1n) is 12.1. The van der Waals surface area contributed by atoms with Crippen molar-refractivity contribution in [3.8, 4) is 6.07 Å². The van der Waals surface area contributed by atoms with Crippen LogP contribution in [0, 0.1) is 16.7 Å². The van der Waals surface area contributed by atoms with Crippen molar-refractivity contribution in [2.75, 3.05) is 24.5 Å². The predicted octanol–water partition coefficient (Wildman–Crippen LogP) is 3.98. The summed E-state index contributed by atoms with van der Waals surface area (Å²) >= 11 is 0. The van der Waals surface area contributed by atoms with Gasteiger partial charge in [-0.25, -0.2) is 0 Å². The Morgan fingerprint density at radius 1 is 1.03 bits per heavy atom. The van der Waals surface area contributed by atoms with Gasteiger partial charge in [-0.2, -0.15) is 18.4 Å². The molecule has 2 aromatic carbocycles. The molecule has 2 saturated heterocycles. The third kappa shape index (κ3) is 4.08. The molecule has 2 aliphatic heterocycles. The summed E-state index contributed by atoms with van der Waals surface area (Å²) in [6.07, 6.45) is -1.43. The van der Waals surface area contributed by atoms with E-state index >= 15 is 0 Å². The molecule has 188 valence electrons. The first-order valence-corrected chi connectivity index (χ1v) is 12.1. The molecule has 5 rings (SSSR count). The average Bonchev–Trinajstić information content (AvgIpc) is 3.60. The van der Waals surface area contributed by atoms with E-state index in [1.807, 2.05) is 35.2 Å². The van der Waals surface area contributed by atoms with Gasteiger partial charge in [0.05, 0.1) is 22.6 Å². The number of likely N-dealkylation sites (tertiary alicyclic amines) is 1. The quantitative estimate of drug-likeness (QED) is 0.693. The number of halogens is 3. The third-order valence-electron chi connectivity index (χ3n) is 8.20. The first-order chi connectivity index (χ1) is 17.1. The summed E-state index contributed by atoms with van der Waals surface area (Å²) in [5, 5.41) is 9.06. The lowest BCUT2D eigenvalue weighted by Crippen LogP contribution is -2.48. The molecule has 2 aromatic rings. The molecule has 3 aliphatic rings. The van der Waals surface area contributed by atoms with Crippen LogP contribution in [0.3, 0.4) is 0 Å². The number of carbonyl (C=O) groups is 2. The van der Waals surface area contributed by atoms with Crippen molar-refractivity contribution < 1.29 is 22.8 Å². The molecule has 2 heterocycles. The van der Waals surface area contributed by atoms with Crippen LogP contribution >= 0.6 is 0 Å². The fraction of sp³-hybridized carbons (Fsp3) is 0.444. The molecule has 1 aliphatic carbocycles. The topological polar surface area (TPSA) is 90.4 Å². The van der Waals surface area contributed by atoms with Gasteiger partial charge in [0, 0.05) is 25.3 Å². The molecule has 9 heteroatoms. The number of piperidine rings is 1. The summed E-state index contributed by atoms with van der Waals surface area (Å²) in [5.41, 5.74) is 4.86. The molecule has 1 unspecified atom stereocenters. The van der Waals surface area contributed by atoms with Crippen LogP contribution in [0.2, 0.25) is 0 Å². The van der Waals surface area contributed by atoms with Gasteiger partial charge in [0.2, 0.25) is 11.8 Å². The molecular weight excluding hydrogens is 469 g/mol. The summed E-state index contributed by atoms with van der Waals surface area (Å²) < 4.78 is 40.3. The number of amides is 2. The van der Waals surface area contributed by atoms with Gasteiger partial charge in [-0.05, 0) is 61.3 Å². The van der Waals surface area contributed by atoms with Crippen LogP contribution in [0.25, 0.3) is 0 Å². The van der Waals surface area contributed by atoms with E-state index in [1.54, 1.807) is 17.0 Å². The third-order valence-corrected chi connectivity index (χ3v) is 8.20. The number of nitrogens with zero attached hydrogens (tertiary/aromatic N) is 3. The van der Waals surface area contributed by atoms with E-state index in [0.717, 1.165) is 24.5 Å². The van der Waals surface area contributed by atoms with E-state index in [2.05, 4.69) is 0 Å². The zero-order chi connectivity index (χ0) is 25.7. The van der Waals surface area contributed by atoms with Crippen molar-refractivity contribution in [3.63, 3.8) is 0 Å². The van der Waals surface area contributed by atoms with Crippen molar-refractivity contribution in [2.45, 2.75) is 49.7 Å². The molecule has 0 bridgehead atoms. The molecule has 6 nitrogen and oxygen atoms in total. The normalized spacial score (nSPS) is 22.3. The molecule has 1 saturated carbocycles. The SMILES string of the molecule is N#Cc1ccc(N2CCC3(CC2)CC(C(N)=O)N(C(=O)C2(c4ccccc4)CC2)C3)cc1C(F)(F)F. The predicted molar refractivity (Wildman–Crippen MR) is 127 cm³/mol. The van der Waals surface area contributed by atoms with Gasteiger partial charge in [-0.3, -0.25) is 9.59 Å². The van der Waals surface area contributed by atoms with Gasteiger partial charge >= 0.3 is 6.18 Å². The van der Waals surface area contributed by atoms with Gasteiger partial charge in [-0.1, -0.05) is 30.3 Å². The summed E-state index contributed by atoms with van der Waals surface area (Å²) in [6, 6.07) is 14.3. The number of primary amides is 1. The molecule has 1 atom stereocenters. The van der Waals surface area contributed by atoms with Gasteiger partial charge in [0.15, 0.2) is 0 Å². The summed E-state index contributed by atoms with van der Waals surface area (Å²) in [5.74, 6) is -0.577. The highest BCUT2D eigenvalue weighted by Gasteiger charge is 2.58. The minimum Gasteiger partial charge on any atom is -0.371 e. The minimum absolute atomic E-state index is 0.0567. The Balaban J connectivity index is 1.34. The van der Waals surface area contributed by atoms with Crippen molar-refractivity contribution in [2.24, 2.45) is 11.1 Å². The highest BCUT2D eigenvalue weighted by atomic mass is 19.4. The Hall–Kier alpha value is -3.54. The summed E-state index contributed by atoms with van der Waals surface area (Å²) in [6.45, 7) is 1.39. The number of hydrogen-bond acceptors (Lipinski definition) is 4. The van der Waals surface area contributed by atoms with Gasteiger partial charge < -0.3 is 15.5 Å².